The van der Waals surface area contributed by atoms with Crippen LogP contribution in [-0.2, 0) is 0 Å². The maximum atomic E-state index is 10.7. The number of nitro groups is 1. The lowest BCUT2D eigenvalue weighted by molar-refractivity contribution is -0.403. The van der Waals surface area contributed by atoms with Gasteiger partial charge in [0, 0.05) is 0 Å². The third-order valence-electron chi connectivity index (χ3n) is 1.49. The fourth-order valence-electron chi connectivity index (χ4n) is 0.976. The van der Waals surface area contributed by atoms with Gasteiger partial charge >= 0.3 is 5.97 Å². The third kappa shape index (κ3) is 3.06. The lowest BCUT2D eigenvalue weighted by atomic mass is 10.3. The van der Waals surface area contributed by atoms with E-state index in [0.29, 0.717) is 5.69 Å². The lowest BCUT2D eigenvalue weighted by Crippen LogP contribution is -2.02. The Kier molecular flexibility index (Phi) is 3.40. The number of carbonyl (C=O) groups is 1. The molecule has 0 aromatic carbocycles. The van der Waals surface area contributed by atoms with Crippen LogP contribution in [0.3, 0.4) is 0 Å². The molecule has 0 aliphatic heterocycles. The molecule has 6 nitrogen and oxygen atoms in total. The maximum Gasteiger partial charge on any atom is 0.348 e. The van der Waals surface area contributed by atoms with Crippen molar-refractivity contribution in [2.45, 2.75) is 6.92 Å². The Morgan fingerprint density at radius 2 is 2.40 bits per heavy atom. The number of hydrogen-bond acceptors (Lipinski definition) is 5. The van der Waals surface area contributed by atoms with E-state index in [4.69, 9.17) is 5.11 Å². The zero-order chi connectivity index (χ0) is 11.4. The maximum absolute atomic E-state index is 10.7. The predicted molar refractivity (Wildman–Crippen MR) is 55.7 cm³/mol. The van der Waals surface area contributed by atoms with Crippen molar-refractivity contribution < 1.29 is 14.8 Å². The van der Waals surface area contributed by atoms with E-state index in [1.807, 2.05) is 0 Å². The predicted octanol–water partition coefficient (Wildman–Crippen LogP) is 2.00. The Labute approximate surface area is 89.0 Å². The monoisotopic (exact) mass is 228 g/mol. The molecule has 0 unspecified atom stereocenters. The number of aromatic carboxylic acids is 1. The first-order chi connectivity index (χ1) is 7.00. The second kappa shape index (κ2) is 4.56. The smallest absolute Gasteiger partial charge is 0.348 e. The van der Waals surface area contributed by atoms with Crippen LogP contribution < -0.4 is 5.32 Å². The Balaban J connectivity index is 2.85. The zero-order valence-electron chi connectivity index (χ0n) is 7.76. The molecule has 0 aliphatic carbocycles. The standard InChI is InChI=1S/C8H8N2O4S/c1-5(4-10(13)14)9-6-2-3-15-7(6)8(11)12/h2-4,9H,1H3,(H,11,12). The van der Waals surface area contributed by atoms with Crippen molar-refractivity contribution >= 4 is 23.0 Å². The van der Waals surface area contributed by atoms with Gasteiger partial charge in [-0.2, -0.15) is 0 Å². The molecule has 15 heavy (non-hydrogen) atoms. The molecule has 0 fully saturated rings. The van der Waals surface area contributed by atoms with Crippen LogP contribution in [0.4, 0.5) is 5.69 Å². The number of rotatable bonds is 4. The summed E-state index contributed by atoms with van der Waals surface area (Å²) in [5.41, 5.74) is 0.643. The summed E-state index contributed by atoms with van der Waals surface area (Å²) in [6.45, 7) is 1.49. The first kappa shape index (κ1) is 11.2. The molecule has 0 saturated heterocycles. The number of carboxylic acid groups (broad SMARTS) is 1. The molecule has 0 radical (unpaired) electrons. The molecule has 80 valence electrons. The number of thiophene rings is 1. The molecule has 1 heterocycles. The number of hydrogen-bond donors (Lipinski definition) is 2. The highest BCUT2D eigenvalue weighted by Gasteiger charge is 2.11. The number of anilines is 1. The number of nitrogens with one attached hydrogen (secondary N) is 1. The molecule has 0 bridgehead atoms. The molecule has 0 amide bonds. The van der Waals surface area contributed by atoms with Gasteiger partial charge in [-0.15, -0.1) is 11.3 Å². The Morgan fingerprint density at radius 1 is 1.73 bits per heavy atom. The van der Waals surface area contributed by atoms with E-state index in [2.05, 4.69) is 5.32 Å². The van der Waals surface area contributed by atoms with Crippen LogP contribution in [0.15, 0.2) is 23.3 Å². The van der Waals surface area contributed by atoms with E-state index in [1.54, 1.807) is 11.4 Å². The van der Waals surface area contributed by atoms with Gasteiger partial charge in [-0.3, -0.25) is 10.1 Å². The Bertz CT molecular complexity index is 424. The van der Waals surface area contributed by atoms with E-state index in [0.717, 1.165) is 17.5 Å². The van der Waals surface area contributed by atoms with Gasteiger partial charge in [0.15, 0.2) is 0 Å². The van der Waals surface area contributed by atoms with Crippen molar-refractivity contribution in [1.29, 1.82) is 0 Å². The molecule has 2 N–H and O–H groups in total. The fourth-order valence-corrected chi connectivity index (χ4v) is 1.66. The lowest BCUT2D eigenvalue weighted by Gasteiger charge is -2.02. The topological polar surface area (TPSA) is 92.5 Å². The summed E-state index contributed by atoms with van der Waals surface area (Å²) >= 11 is 1.06. The minimum Gasteiger partial charge on any atom is -0.477 e. The van der Waals surface area contributed by atoms with Crippen LogP contribution in [0.25, 0.3) is 0 Å². The van der Waals surface area contributed by atoms with Gasteiger partial charge < -0.3 is 10.4 Å². The summed E-state index contributed by atoms with van der Waals surface area (Å²) in [6, 6.07) is 1.56. The second-order valence-electron chi connectivity index (χ2n) is 2.69. The van der Waals surface area contributed by atoms with Gasteiger partial charge in [0.05, 0.1) is 16.3 Å². The molecule has 0 aliphatic rings. The quantitative estimate of drug-likeness (QED) is 0.607. The molecule has 1 aromatic heterocycles. The molecule has 0 spiro atoms. The van der Waals surface area contributed by atoms with Crippen molar-refractivity contribution in [2.75, 3.05) is 5.32 Å². The van der Waals surface area contributed by atoms with Crippen LogP contribution in [0.5, 0.6) is 0 Å². The molecular weight excluding hydrogens is 220 g/mol. The normalized spacial score (nSPS) is 11.1. The largest absolute Gasteiger partial charge is 0.477 e. The Morgan fingerprint density at radius 3 is 2.93 bits per heavy atom. The van der Waals surface area contributed by atoms with Crippen molar-refractivity contribution in [3.63, 3.8) is 0 Å². The average Bonchev–Trinajstić information content (AvgIpc) is 2.50. The highest BCUT2D eigenvalue weighted by molar-refractivity contribution is 7.12. The van der Waals surface area contributed by atoms with Gasteiger partial charge in [0.1, 0.15) is 4.88 Å². The van der Waals surface area contributed by atoms with Gasteiger partial charge in [0.2, 0.25) is 0 Å². The van der Waals surface area contributed by atoms with Crippen LogP contribution in [0.2, 0.25) is 0 Å². The SMILES string of the molecule is CC(=C[N+](=O)[O-])Nc1ccsc1C(=O)O. The first-order valence-corrected chi connectivity index (χ1v) is 4.78. The van der Waals surface area contributed by atoms with E-state index in [-0.39, 0.29) is 10.6 Å². The van der Waals surface area contributed by atoms with E-state index in [1.165, 1.54) is 6.92 Å². The van der Waals surface area contributed by atoms with E-state index in [9.17, 15) is 14.9 Å². The summed E-state index contributed by atoms with van der Waals surface area (Å²) < 4.78 is 0. The van der Waals surface area contributed by atoms with Crippen molar-refractivity contribution in [3.05, 3.63) is 38.3 Å². The van der Waals surface area contributed by atoms with Crippen molar-refractivity contribution in [1.82, 2.24) is 0 Å². The van der Waals surface area contributed by atoms with Crippen LogP contribution in [0, 0.1) is 10.1 Å². The minimum atomic E-state index is -1.05. The van der Waals surface area contributed by atoms with Gasteiger partial charge in [-0.1, -0.05) is 0 Å². The van der Waals surface area contributed by atoms with Crippen molar-refractivity contribution in [3.8, 4) is 0 Å². The van der Waals surface area contributed by atoms with Gasteiger partial charge in [-0.05, 0) is 18.4 Å². The van der Waals surface area contributed by atoms with E-state index >= 15 is 0 Å². The third-order valence-corrected chi connectivity index (χ3v) is 2.39. The summed E-state index contributed by atoms with van der Waals surface area (Å²) in [5.74, 6) is -1.05. The summed E-state index contributed by atoms with van der Waals surface area (Å²) in [4.78, 5) is 20.4. The first-order valence-electron chi connectivity index (χ1n) is 3.90. The molecule has 0 atom stereocenters. The Hall–Kier alpha value is -1.89. The summed E-state index contributed by atoms with van der Waals surface area (Å²) in [6.07, 6.45) is 0.781. The van der Waals surface area contributed by atoms with Crippen LogP contribution in [0.1, 0.15) is 16.6 Å². The van der Waals surface area contributed by atoms with Gasteiger partial charge in [0.25, 0.3) is 6.20 Å². The number of allylic oxidation sites excluding steroid dienone is 1. The molecule has 0 saturated carbocycles. The van der Waals surface area contributed by atoms with Crippen LogP contribution >= 0.6 is 11.3 Å². The average molecular weight is 228 g/mol. The summed E-state index contributed by atoms with van der Waals surface area (Å²) in [5, 5.41) is 23.2. The highest BCUT2D eigenvalue weighted by atomic mass is 32.1. The highest BCUT2D eigenvalue weighted by Crippen LogP contribution is 2.23. The molecule has 1 rings (SSSR count). The second-order valence-corrected chi connectivity index (χ2v) is 3.61. The number of nitrogens with zero attached hydrogens (tertiary/aromatic N) is 1. The van der Waals surface area contributed by atoms with Gasteiger partial charge in [-0.25, -0.2) is 4.79 Å². The fraction of sp³-hybridized carbons (Fsp3) is 0.125. The minimum absolute atomic E-state index is 0.131. The zero-order valence-corrected chi connectivity index (χ0v) is 8.58. The van der Waals surface area contributed by atoms with E-state index < -0.39 is 10.9 Å². The molecule has 7 heteroatoms. The number of carboxylic acids is 1. The van der Waals surface area contributed by atoms with Crippen LogP contribution in [-0.4, -0.2) is 16.0 Å². The summed E-state index contributed by atoms with van der Waals surface area (Å²) in [7, 11) is 0. The molecular formula is C8H8N2O4S. The molecule has 1 aromatic rings. The van der Waals surface area contributed by atoms with Crippen molar-refractivity contribution in [2.24, 2.45) is 0 Å².